The molecule has 2 rings (SSSR count). The zero-order chi connectivity index (χ0) is 12.1. The van der Waals surface area contributed by atoms with Gasteiger partial charge in [0.1, 0.15) is 6.04 Å². The Balaban J connectivity index is 1.88. The molecule has 0 radical (unpaired) electrons. The fraction of sp³-hybridized carbons (Fsp3) is 0.462. The molecule has 0 spiro atoms. The second-order valence-corrected chi connectivity index (χ2v) is 4.08. The minimum Gasteiger partial charge on any atom is -0.468 e. The average molecular weight is 235 g/mol. The third-order valence-electron chi connectivity index (χ3n) is 2.93. The molecule has 1 aromatic carbocycles. The number of ether oxygens (including phenoxy) is 2. The van der Waals surface area contributed by atoms with E-state index in [0.29, 0.717) is 6.61 Å². The molecule has 1 heterocycles. The van der Waals surface area contributed by atoms with Crippen molar-refractivity contribution in [2.24, 2.45) is 0 Å². The highest BCUT2D eigenvalue weighted by atomic mass is 16.5. The minimum absolute atomic E-state index is 0.0948. The van der Waals surface area contributed by atoms with Gasteiger partial charge in [-0.2, -0.15) is 0 Å². The standard InChI is InChI=1S/C13H17NO3/c1-16-13(15)12-11(7-8-14-12)17-9-10-5-3-2-4-6-10/h2-6,11-12,14H,7-9H2,1H3/t11-,12?/m1/s1. The van der Waals surface area contributed by atoms with Crippen molar-refractivity contribution < 1.29 is 14.3 Å². The van der Waals surface area contributed by atoms with E-state index in [1.807, 2.05) is 30.3 Å². The van der Waals surface area contributed by atoms with Gasteiger partial charge in [0, 0.05) is 0 Å². The Morgan fingerprint density at radius 2 is 2.18 bits per heavy atom. The van der Waals surface area contributed by atoms with Gasteiger partial charge in [0.05, 0.1) is 19.8 Å². The van der Waals surface area contributed by atoms with Crippen LogP contribution in [0.2, 0.25) is 0 Å². The lowest BCUT2D eigenvalue weighted by Gasteiger charge is -2.17. The fourth-order valence-corrected chi connectivity index (χ4v) is 2.00. The summed E-state index contributed by atoms with van der Waals surface area (Å²) in [4.78, 5) is 11.5. The van der Waals surface area contributed by atoms with Crippen LogP contribution >= 0.6 is 0 Å². The van der Waals surface area contributed by atoms with E-state index in [-0.39, 0.29) is 18.1 Å². The second kappa shape index (κ2) is 5.80. The Labute approximate surface area is 101 Å². The fourth-order valence-electron chi connectivity index (χ4n) is 2.00. The maximum atomic E-state index is 11.5. The summed E-state index contributed by atoms with van der Waals surface area (Å²) in [6.07, 6.45) is 0.745. The lowest BCUT2D eigenvalue weighted by atomic mass is 10.1. The van der Waals surface area contributed by atoms with E-state index in [1.165, 1.54) is 7.11 Å². The van der Waals surface area contributed by atoms with E-state index < -0.39 is 0 Å². The molecule has 2 atom stereocenters. The predicted molar refractivity (Wildman–Crippen MR) is 63.4 cm³/mol. The largest absolute Gasteiger partial charge is 0.468 e. The highest BCUT2D eigenvalue weighted by Crippen LogP contribution is 2.15. The third kappa shape index (κ3) is 3.05. The van der Waals surface area contributed by atoms with Gasteiger partial charge < -0.3 is 14.8 Å². The van der Waals surface area contributed by atoms with Gasteiger partial charge in [0.2, 0.25) is 0 Å². The average Bonchev–Trinajstić information content (AvgIpc) is 2.85. The van der Waals surface area contributed by atoms with Crippen LogP contribution in [0.3, 0.4) is 0 Å². The highest BCUT2D eigenvalue weighted by Gasteiger charge is 2.34. The number of carbonyl (C=O) groups excluding carboxylic acids is 1. The molecule has 0 aromatic heterocycles. The first-order chi connectivity index (χ1) is 8.31. The van der Waals surface area contributed by atoms with Crippen LogP contribution in [-0.4, -0.2) is 31.8 Å². The summed E-state index contributed by atoms with van der Waals surface area (Å²) in [5.41, 5.74) is 1.11. The van der Waals surface area contributed by atoms with Crippen LogP contribution < -0.4 is 5.32 Å². The van der Waals surface area contributed by atoms with E-state index in [1.54, 1.807) is 0 Å². The van der Waals surface area contributed by atoms with E-state index in [0.717, 1.165) is 18.5 Å². The summed E-state index contributed by atoms with van der Waals surface area (Å²) in [6, 6.07) is 9.61. The third-order valence-corrected chi connectivity index (χ3v) is 2.93. The number of hydrogen-bond acceptors (Lipinski definition) is 4. The normalized spacial score (nSPS) is 23.6. The van der Waals surface area contributed by atoms with Crippen LogP contribution in [0.1, 0.15) is 12.0 Å². The molecule has 1 fully saturated rings. The quantitative estimate of drug-likeness (QED) is 0.794. The van der Waals surface area contributed by atoms with Gasteiger partial charge >= 0.3 is 5.97 Å². The topological polar surface area (TPSA) is 47.6 Å². The first kappa shape index (κ1) is 12.1. The minimum atomic E-state index is -0.330. The lowest BCUT2D eigenvalue weighted by molar-refractivity contribution is -0.146. The Morgan fingerprint density at radius 3 is 2.88 bits per heavy atom. The van der Waals surface area contributed by atoms with Crippen molar-refractivity contribution in [3.63, 3.8) is 0 Å². The van der Waals surface area contributed by atoms with Crippen molar-refractivity contribution in [2.45, 2.75) is 25.2 Å². The van der Waals surface area contributed by atoms with E-state index >= 15 is 0 Å². The van der Waals surface area contributed by atoms with Crippen LogP contribution in [0.15, 0.2) is 30.3 Å². The molecular weight excluding hydrogens is 218 g/mol. The van der Waals surface area contributed by atoms with Gasteiger partial charge in [0.25, 0.3) is 0 Å². The van der Waals surface area contributed by atoms with Gasteiger partial charge in [-0.05, 0) is 18.5 Å². The molecule has 0 saturated carbocycles. The summed E-state index contributed by atoms with van der Waals surface area (Å²) in [5.74, 6) is -0.249. The number of esters is 1. The van der Waals surface area contributed by atoms with Gasteiger partial charge in [-0.1, -0.05) is 30.3 Å². The van der Waals surface area contributed by atoms with E-state index in [9.17, 15) is 4.79 Å². The number of methoxy groups -OCH3 is 1. The SMILES string of the molecule is COC(=O)C1NCC[C@H]1OCc1ccccc1. The molecule has 0 aliphatic carbocycles. The smallest absolute Gasteiger partial charge is 0.325 e. The van der Waals surface area contributed by atoms with Crippen molar-refractivity contribution in [3.8, 4) is 0 Å². The Kier molecular flexibility index (Phi) is 4.12. The molecule has 0 amide bonds. The molecule has 1 aliphatic rings. The molecule has 0 bridgehead atoms. The van der Waals surface area contributed by atoms with Crippen LogP contribution in [0.5, 0.6) is 0 Å². The number of carbonyl (C=O) groups is 1. The van der Waals surface area contributed by atoms with Crippen molar-refractivity contribution in [3.05, 3.63) is 35.9 Å². The van der Waals surface area contributed by atoms with Crippen LogP contribution in [0.25, 0.3) is 0 Å². The van der Waals surface area contributed by atoms with Crippen molar-refractivity contribution in [1.29, 1.82) is 0 Å². The lowest BCUT2D eigenvalue weighted by Crippen LogP contribution is -2.40. The maximum absolute atomic E-state index is 11.5. The molecule has 1 unspecified atom stereocenters. The monoisotopic (exact) mass is 235 g/mol. The van der Waals surface area contributed by atoms with Crippen molar-refractivity contribution in [2.75, 3.05) is 13.7 Å². The molecular formula is C13H17NO3. The highest BCUT2D eigenvalue weighted by molar-refractivity contribution is 5.76. The molecule has 17 heavy (non-hydrogen) atoms. The summed E-state index contributed by atoms with van der Waals surface area (Å²) < 4.78 is 10.5. The maximum Gasteiger partial charge on any atom is 0.325 e. The molecule has 4 nitrogen and oxygen atoms in total. The first-order valence-electron chi connectivity index (χ1n) is 5.78. The zero-order valence-corrected chi connectivity index (χ0v) is 9.89. The number of nitrogens with one attached hydrogen (secondary N) is 1. The Bertz CT molecular complexity index is 366. The Morgan fingerprint density at radius 1 is 1.41 bits per heavy atom. The van der Waals surface area contributed by atoms with Crippen molar-refractivity contribution in [1.82, 2.24) is 5.32 Å². The van der Waals surface area contributed by atoms with Crippen molar-refractivity contribution >= 4 is 5.97 Å². The van der Waals surface area contributed by atoms with Crippen LogP contribution in [0, 0.1) is 0 Å². The van der Waals surface area contributed by atoms with E-state index in [2.05, 4.69) is 5.32 Å². The number of hydrogen-bond donors (Lipinski definition) is 1. The molecule has 1 aliphatic heterocycles. The van der Waals surface area contributed by atoms with E-state index in [4.69, 9.17) is 9.47 Å². The zero-order valence-electron chi connectivity index (χ0n) is 9.89. The molecule has 92 valence electrons. The summed E-state index contributed by atoms with van der Waals surface area (Å²) in [5, 5.41) is 3.09. The summed E-state index contributed by atoms with van der Waals surface area (Å²) >= 11 is 0. The molecule has 4 heteroatoms. The van der Waals surface area contributed by atoms with Gasteiger partial charge in [-0.15, -0.1) is 0 Å². The molecule has 1 saturated heterocycles. The first-order valence-corrected chi connectivity index (χ1v) is 5.78. The summed E-state index contributed by atoms with van der Waals surface area (Å²) in [7, 11) is 1.40. The van der Waals surface area contributed by atoms with Gasteiger partial charge in [0.15, 0.2) is 0 Å². The predicted octanol–water partition coefficient (Wildman–Crippen LogP) is 1.11. The van der Waals surface area contributed by atoms with Crippen LogP contribution in [0.4, 0.5) is 0 Å². The Hall–Kier alpha value is -1.39. The molecule has 1 N–H and O–H groups in total. The van der Waals surface area contributed by atoms with Gasteiger partial charge in [-0.3, -0.25) is 4.79 Å². The summed E-state index contributed by atoms with van der Waals surface area (Å²) in [6.45, 7) is 1.32. The van der Waals surface area contributed by atoms with Gasteiger partial charge in [-0.25, -0.2) is 0 Å². The van der Waals surface area contributed by atoms with Crippen LogP contribution in [-0.2, 0) is 20.9 Å². The number of rotatable bonds is 4. The second-order valence-electron chi connectivity index (χ2n) is 4.08. The molecule has 1 aromatic rings. The number of benzene rings is 1.